The zero-order valence-electron chi connectivity index (χ0n) is 8.86. The Morgan fingerprint density at radius 1 is 1.22 bits per heavy atom. The van der Waals surface area contributed by atoms with Crippen LogP contribution in [-0.2, 0) is 6.18 Å². The van der Waals surface area contributed by atoms with Gasteiger partial charge in [0, 0.05) is 5.56 Å². The first-order valence-corrected chi connectivity index (χ1v) is 4.87. The summed E-state index contributed by atoms with van der Waals surface area (Å²) in [6.07, 6.45) is -3.30. The van der Waals surface area contributed by atoms with Crippen LogP contribution >= 0.6 is 0 Å². The Morgan fingerprint density at radius 2 is 1.94 bits per heavy atom. The van der Waals surface area contributed by atoms with Crippen molar-refractivity contribution >= 4 is 5.97 Å². The molecule has 0 amide bonds. The maximum Gasteiger partial charge on any atom is 0.416 e. The molecule has 0 atom stereocenters. The molecule has 1 aromatic heterocycles. The van der Waals surface area contributed by atoms with Gasteiger partial charge in [0.05, 0.1) is 17.4 Å². The van der Waals surface area contributed by atoms with Crippen LogP contribution in [0.15, 0.2) is 41.0 Å². The summed E-state index contributed by atoms with van der Waals surface area (Å²) in [5.41, 5.74) is -1.38. The van der Waals surface area contributed by atoms with Gasteiger partial charge in [-0.2, -0.15) is 13.2 Å². The fourth-order valence-corrected chi connectivity index (χ4v) is 1.50. The molecule has 94 valence electrons. The summed E-state index contributed by atoms with van der Waals surface area (Å²) in [7, 11) is 0. The number of carbonyl (C=O) groups is 1. The van der Waals surface area contributed by atoms with E-state index in [1.807, 2.05) is 0 Å². The van der Waals surface area contributed by atoms with Crippen molar-refractivity contribution in [2.75, 3.05) is 0 Å². The third-order valence-electron chi connectivity index (χ3n) is 2.31. The lowest BCUT2D eigenvalue weighted by Crippen LogP contribution is -2.08. The number of alkyl halides is 3. The number of benzene rings is 1. The molecule has 0 radical (unpaired) electrons. The van der Waals surface area contributed by atoms with Crippen molar-refractivity contribution in [3.8, 4) is 11.3 Å². The molecular formula is C12H7F3O3. The molecule has 0 aliphatic carbocycles. The maximum absolute atomic E-state index is 12.6. The highest BCUT2D eigenvalue weighted by Crippen LogP contribution is 2.33. The molecule has 1 aromatic carbocycles. The second-order valence-corrected chi connectivity index (χ2v) is 3.58. The van der Waals surface area contributed by atoms with Gasteiger partial charge >= 0.3 is 12.1 Å². The average molecular weight is 256 g/mol. The van der Waals surface area contributed by atoms with Crippen molar-refractivity contribution in [3.63, 3.8) is 0 Å². The smallest absolute Gasteiger partial charge is 0.416 e. The van der Waals surface area contributed by atoms with E-state index in [2.05, 4.69) is 0 Å². The Labute approximate surface area is 99.5 Å². The van der Waals surface area contributed by atoms with Gasteiger partial charge in [0.25, 0.3) is 0 Å². The monoisotopic (exact) mass is 256 g/mol. The molecule has 18 heavy (non-hydrogen) atoms. The van der Waals surface area contributed by atoms with Crippen LogP contribution in [0.2, 0.25) is 0 Å². The largest absolute Gasteiger partial charge is 0.478 e. The lowest BCUT2D eigenvalue weighted by atomic mass is 10.0. The minimum absolute atomic E-state index is 0.0761. The highest BCUT2D eigenvalue weighted by atomic mass is 19.4. The van der Waals surface area contributed by atoms with Gasteiger partial charge in [0.2, 0.25) is 0 Å². The summed E-state index contributed by atoms with van der Waals surface area (Å²) >= 11 is 0. The lowest BCUT2D eigenvalue weighted by molar-refractivity contribution is -0.137. The van der Waals surface area contributed by atoms with Gasteiger partial charge in [0.15, 0.2) is 0 Å². The molecular weight excluding hydrogens is 249 g/mol. The SMILES string of the molecule is O=C(O)c1cc(-c2ccco2)cc(C(F)(F)F)c1. The Kier molecular flexibility index (Phi) is 2.86. The third kappa shape index (κ3) is 2.37. The van der Waals surface area contributed by atoms with Gasteiger partial charge in [-0.15, -0.1) is 0 Å². The van der Waals surface area contributed by atoms with Crippen LogP contribution in [-0.4, -0.2) is 11.1 Å². The van der Waals surface area contributed by atoms with Crippen LogP contribution in [0.4, 0.5) is 13.2 Å². The number of carboxylic acids is 1. The van der Waals surface area contributed by atoms with Crippen LogP contribution in [0, 0.1) is 0 Å². The summed E-state index contributed by atoms with van der Waals surface area (Å²) in [5, 5.41) is 8.80. The van der Waals surface area contributed by atoms with E-state index in [4.69, 9.17) is 9.52 Å². The van der Waals surface area contributed by atoms with Crippen LogP contribution in [0.5, 0.6) is 0 Å². The van der Waals surface area contributed by atoms with Gasteiger partial charge in [-0.3, -0.25) is 0 Å². The molecule has 6 heteroatoms. The Bertz CT molecular complexity index is 571. The van der Waals surface area contributed by atoms with Crippen LogP contribution in [0.3, 0.4) is 0 Å². The third-order valence-corrected chi connectivity index (χ3v) is 2.31. The number of carboxylic acid groups (broad SMARTS) is 1. The van der Waals surface area contributed by atoms with Crippen molar-refractivity contribution in [2.24, 2.45) is 0 Å². The number of halogens is 3. The molecule has 0 bridgehead atoms. The highest BCUT2D eigenvalue weighted by Gasteiger charge is 2.32. The predicted octanol–water partition coefficient (Wildman–Crippen LogP) is 3.66. The normalized spacial score (nSPS) is 11.5. The fraction of sp³-hybridized carbons (Fsp3) is 0.0833. The van der Waals surface area contributed by atoms with Crippen LogP contribution in [0.25, 0.3) is 11.3 Å². The van der Waals surface area contributed by atoms with E-state index in [0.29, 0.717) is 6.07 Å². The van der Waals surface area contributed by atoms with Crippen LogP contribution in [0.1, 0.15) is 15.9 Å². The molecule has 0 aliphatic heterocycles. The molecule has 0 saturated heterocycles. The number of rotatable bonds is 2. The standard InChI is InChI=1S/C12H7F3O3/c13-12(14,15)9-5-7(10-2-1-3-18-10)4-8(6-9)11(16)17/h1-6H,(H,16,17). The van der Waals surface area contributed by atoms with Gasteiger partial charge < -0.3 is 9.52 Å². The molecule has 1 heterocycles. The molecule has 2 aromatic rings. The van der Waals surface area contributed by atoms with E-state index in [1.165, 1.54) is 18.4 Å². The van der Waals surface area contributed by atoms with Crippen molar-refractivity contribution in [3.05, 3.63) is 47.7 Å². The molecule has 3 nitrogen and oxygen atoms in total. The van der Waals surface area contributed by atoms with Crippen molar-refractivity contribution in [1.29, 1.82) is 0 Å². The van der Waals surface area contributed by atoms with Crippen molar-refractivity contribution in [2.45, 2.75) is 6.18 Å². The summed E-state index contributed by atoms with van der Waals surface area (Å²) in [5.74, 6) is -1.24. The Hall–Kier alpha value is -2.24. The fourth-order valence-electron chi connectivity index (χ4n) is 1.50. The van der Waals surface area contributed by atoms with E-state index in [9.17, 15) is 18.0 Å². The summed E-state index contributed by atoms with van der Waals surface area (Å²) in [6.45, 7) is 0. The zero-order chi connectivity index (χ0) is 13.3. The molecule has 0 fully saturated rings. The molecule has 1 N–H and O–H groups in total. The topological polar surface area (TPSA) is 50.4 Å². The van der Waals surface area contributed by atoms with E-state index in [-0.39, 0.29) is 11.3 Å². The lowest BCUT2D eigenvalue weighted by Gasteiger charge is -2.09. The minimum atomic E-state index is -4.60. The van der Waals surface area contributed by atoms with Crippen molar-refractivity contribution < 1.29 is 27.5 Å². The Morgan fingerprint density at radius 3 is 2.44 bits per heavy atom. The molecule has 0 spiro atoms. The number of hydrogen-bond acceptors (Lipinski definition) is 2. The van der Waals surface area contributed by atoms with Gasteiger partial charge in [-0.1, -0.05) is 0 Å². The van der Waals surface area contributed by atoms with Gasteiger partial charge in [-0.25, -0.2) is 4.79 Å². The van der Waals surface area contributed by atoms with Gasteiger partial charge in [-0.05, 0) is 30.3 Å². The molecule has 0 saturated carbocycles. The summed E-state index contributed by atoms with van der Waals surface area (Å²) < 4.78 is 42.8. The zero-order valence-corrected chi connectivity index (χ0v) is 8.86. The predicted molar refractivity (Wildman–Crippen MR) is 56.1 cm³/mol. The highest BCUT2D eigenvalue weighted by molar-refractivity contribution is 5.89. The molecule has 2 rings (SSSR count). The van der Waals surface area contributed by atoms with E-state index in [1.54, 1.807) is 0 Å². The summed E-state index contributed by atoms with van der Waals surface area (Å²) in [6, 6.07) is 5.55. The quantitative estimate of drug-likeness (QED) is 0.891. The second-order valence-electron chi connectivity index (χ2n) is 3.58. The number of furan rings is 1. The van der Waals surface area contributed by atoms with E-state index in [0.717, 1.165) is 12.1 Å². The van der Waals surface area contributed by atoms with Crippen molar-refractivity contribution in [1.82, 2.24) is 0 Å². The van der Waals surface area contributed by atoms with E-state index < -0.39 is 23.3 Å². The first kappa shape index (κ1) is 12.2. The molecule has 0 unspecified atom stereocenters. The Balaban J connectivity index is 2.61. The molecule has 0 aliphatic rings. The number of aromatic carboxylic acids is 1. The average Bonchev–Trinajstić information content (AvgIpc) is 2.80. The maximum atomic E-state index is 12.6. The van der Waals surface area contributed by atoms with Crippen LogP contribution < -0.4 is 0 Å². The first-order valence-electron chi connectivity index (χ1n) is 4.87. The van der Waals surface area contributed by atoms with E-state index >= 15 is 0 Å². The summed E-state index contributed by atoms with van der Waals surface area (Å²) in [4.78, 5) is 10.8. The second kappa shape index (κ2) is 4.21. The van der Waals surface area contributed by atoms with Gasteiger partial charge in [0.1, 0.15) is 5.76 Å². The minimum Gasteiger partial charge on any atom is -0.478 e. The number of hydrogen-bond donors (Lipinski definition) is 1. The first-order chi connectivity index (χ1) is 8.38.